The van der Waals surface area contributed by atoms with Gasteiger partial charge in [-0.05, 0) is 25.7 Å². The normalized spacial score (nSPS) is 20.8. The first kappa shape index (κ1) is 17.1. The second-order valence-electron chi connectivity index (χ2n) is 5.84. The summed E-state index contributed by atoms with van der Waals surface area (Å²) in [6.07, 6.45) is 2.06. The molecule has 6 heteroatoms. The lowest BCUT2D eigenvalue weighted by Crippen LogP contribution is -2.52. The summed E-state index contributed by atoms with van der Waals surface area (Å²) >= 11 is 1.71. The Morgan fingerprint density at radius 3 is 2.65 bits per heavy atom. The molecule has 0 aromatic heterocycles. The van der Waals surface area contributed by atoms with Crippen LogP contribution in [0.3, 0.4) is 0 Å². The van der Waals surface area contributed by atoms with Crippen molar-refractivity contribution < 1.29 is 14.7 Å². The molecule has 1 fully saturated rings. The van der Waals surface area contributed by atoms with E-state index in [-0.39, 0.29) is 24.5 Å². The molecule has 5 nitrogen and oxygen atoms in total. The third-order valence-electron chi connectivity index (χ3n) is 3.45. The van der Waals surface area contributed by atoms with Gasteiger partial charge in [0.1, 0.15) is 0 Å². The van der Waals surface area contributed by atoms with Crippen molar-refractivity contribution in [2.45, 2.75) is 52.1 Å². The predicted octanol–water partition coefficient (Wildman–Crippen LogP) is 2.41. The molecule has 0 aromatic carbocycles. The first-order valence-corrected chi connectivity index (χ1v) is 8.42. The smallest absolute Gasteiger partial charge is 0.317 e. The van der Waals surface area contributed by atoms with Crippen molar-refractivity contribution in [1.82, 2.24) is 10.2 Å². The quantitative estimate of drug-likeness (QED) is 0.790. The Hall–Kier alpha value is -0.910. The first-order valence-electron chi connectivity index (χ1n) is 7.26. The highest BCUT2D eigenvalue weighted by Gasteiger charge is 2.29. The van der Waals surface area contributed by atoms with E-state index in [4.69, 9.17) is 5.11 Å². The van der Waals surface area contributed by atoms with Gasteiger partial charge >= 0.3 is 12.0 Å². The summed E-state index contributed by atoms with van der Waals surface area (Å²) < 4.78 is 0. The molecule has 1 rings (SSSR count). The monoisotopic (exact) mass is 302 g/mol. The standard InChI is InChI=1S/C14H26N2O3S/c1-10(2)4-5-11(3)15-14(19)16-6-7-20-9-12(16)8-13(17)18/h10-12H,4-9H2,1-3H3,(H,15,19)(H,17,18). The number of rotatable bonds is 6. The number of thioether (sulfide) groups is 1. The molecule has 2 N–H and O–H groups in total. The number of carboxylic acids is 1. The minimum atomic E-state index is -0.844. The van der Waals surface area contributed by atoms with Gasteiger partial charge in [0.2, 0.25) is 0 Å². The van der Waals surface area contributed by atoms with Crippen molar-refractivity contribution in [3.05, 3.63) is 0 Å². The number of hydrogen-bond acceptors (Lipinski definition) is 3. The Balaban J connectivity index is 2.48. The Morgan fingerprint density at radius 2 is 2.05 bits per heavy atom. The van der Waals surface area contributed by atoms with Gasteiger partial charge in [0.05, 0.1) is 12.5 Å². The summed E-state index contributed by atoms with van der Waals surface area (Å²) in [5.41, 5.74) is 0. The lowest BCUT2D eigenvalue weighted by Gasteiger charge is -2.35. The molecular formula is C14H26N2O3S. The maximum absolute atomic E-state index is 12.3. The van der Waals surface area contributed by atoms with Crippen molar-refractivity contribution in [2.75, 3.05) is 18.1 Å². The minimum absolute atomic E-state index is 0.0286. The van der Waals surface area contributed by atoms with Gasteiger partial charge in [-0.3, -0.25) is 4.79 Å². The van der Waals surface area contributed by atoms with Gasteiger partial charge in [0.25, 0.3) is 0 Å². The molecule has 0 radical (unpaired) electrons. The summed E-state index contributed by atoms with van der Waals surface area (Å²) in [5, 5.41) is 11.9. The Bertz CT molecular complexity index is 336. The highest BCUT2D eigenvalue weighted by atomic mass is 32.2. The molecule has 0 aliphatic carbocycles. The fourth-order valence-corrected chi connectivity index (χ4v) is 3.30. The Morgan fingerprint density at radius 1 is 1.35 bits per heavy atom. The summed E-state index contributed by atoms with van der Waals surface area (Å²) in [6, 6.07) is -0.179. The molecule has 1 aliphatic heterocycles. The SMILES string of the molecule is CC(C)CCC(C)NC(=O)N1CCSCC1CC(=O)O. The lowest BCUT2D eigenvalue weighted by atomic mass is 10.0. The third-order valence-corrected chi connectivity index (χ3v) is 4.54. The van der Waals surface area contributed by atoms with Crippen LogP contribution in [0.4, 0.5) is 4.79 Å². The number of carbonyl (C=O) groups excluding carboxylic acids is 1. The largest absolute Gasteiger partial charge is 0.481 e. The zero-order valence-electron chi connectivity index (χ0n) is 12.6. The number of nitrogens with one attached hydrogen (secondary N) is 1. The molecule has 1 heterocycles. The maximum Gasteiger partial charge on any atom is 0.317 e. The third kappa shape index (κ3) is 6.03. The molecule has 2 atom stereocenters. The van der Waals surface area contributed by atoms with E-state index in [1.807, 2.05) is 6.92 Å². The van der Waals surface area contributed by atoms with Gasteiger partial charge in [0.15, 0.2) is 0 Å². The Labute approximate surface area is 125 Å². The van der Waals surface area contributed by atoms with Gasteiger partial charge in [-0.1, -0.05) is 13.8 Å². The van der Waals surface area contributed by atoms with Crippen molar-refractivity contribution in [3.63, 3.8) is 0 Å². The number of urea groups is 1. The molecule has 1 aliphatic rings. The zero-order chi connectivity index (χ0) is 15.1. The highest BCUT2D eigenvalue weighted by Crippen LogP contribution is 2.19. The second-order valence-corrected chi connectivity index (χ2v) is 6.99. The van der Waals surface area contributed by atoms with E-state index in [2.05, 4.69) is 19.2 Å². The van der Waals surface area contributed by atoms with Crippen LogP contribution in [0.1, 0.15) is 40.0 Å². The van der Waals surface area contributed by atoms with Crippen LogP contribution in [0.5, 0.6) is 0 Å². The molecule has 0 aromatic rings. The van der Waals surface area contributed by atoms with Crippen molar-refractivity contribution in [2.24, 2.45) is 5.92 Å². The van der Waals surface area contributed by atoms with Gasteiger partial charge < -0.3 is 15.3 Å². The molecular weight excluding hydrogens is 276 g/mol. The van der Waals surface area contributed by atoms with Gasteiger partial charge in [-0.2, -0.15) is 11.8 Å². The van der Waals surface area contributed by atoms with Crippen LogP contribution in [-0.4, -0.2) is 52.1 Å². The van der Waals surface area contributed by atoms with E-state index in [0.29, 0.717) is 18.2 Å². The second kappa shape index (κ2) is 8.39. The average Bonchev–Trinajstić information content (AvgIpc) is 2.36. The summed E-state index contributed by atoms with van der Waals surface area (Å²) in [7, 11) is 0. The lowest BCUT2D eigenvalue weighted by molar-refractivity contribution is -0.137. The Kier molecular flexibility index (Phi) is 7.19. The van der Waals surface area contributed by atoms with Gasteiger partial charge in [0, 0.05) is 24.1 Å². The van der Waals surface area contributed by atoms with E-state index in [1.165, 1.54) is 0 Å². The molecule has 0 bridgehead atoms. The van der Waals surface area contributed by atoms with Crippen LogP contribution in [0, 0.1) is 5.92 Å². The van der Waals surface area contributed by atoms with E-state index >= 15 is 0 Å². The number of amides is 2. The summed E-state index contributed by atoms with van der Waals surface area (Å²) in [5.74, 6) is 1.37. The van der Waals surface area contributed by atoms with Gasteiger partial charge in [-0.15, -0.1) is 0 Å². The number of aliphatic carboxylic acids is 1. The fraction of sp³-hybridized carbons (Fsp3) is 0.857. The van der Waals surface area contributed by atoms with Crippen LogP contribution in [0.25, 0.3) is 0 Å². The molecule has 0 spiro atoms. The first-order chi connectivity index (χ1) is 9.40. The average molecular weight is 302 g/mol. The van der Waals surface area contributed by atoms with E-state index in [1.54, 1.807) is 16.7 Å². The van der Waals surface area contributed by atoms with Gasteiger partial charge in [-0.25, -0.2) is 4.79 Å². The number of nitrogens with zero attached hydrogens (tertiary/aromatic N) is 1. The molecule has 0 saturated carbocycles. The van der Waals surface area contributed by atoms with E-state index < -0.39 is 5.97 Å². The minimum Gasteiger partial charge on any atom is -0.481 e. The van der Waals surface area contributed by atoms with Crippen LogP contribution in [0.2, 0.25) is 0 Å². The number of carboxylic acid groups (broad SMARTS) is 1. The van der Waals surface area contributed by atoms with Crippen LogP contribution < -0.4 is 5.32 Å². The van der Waals surface area contributed by atoms with Crippen molar-refractivity contribution in [3.8, 4) is 0 Å². The zero-order valence-corrected chi connectivity index (χ0v) is 13.4. The summed E-state index contributed by atoms with van der Waals surface area (Å²) in [4.78, 5) is 24.8. The van der Waals surface area contributed by atoms with Crippen LogP contribution >= 0.6 is 11.8 Å². The highest BCUT2D eigenvalue weighted by molar-refractivity contribution is 7.99. The molecule has 2 unspecified atom stereocenters. The van der Waals surface area contributed by atoms with Crippen molar-refractivity contribution in [1.29, 1.82) is 0 Å². The van der Waals surface area contributed by atoms with Crippen LogP contribution in [-0.2, 0) is 4.79 Å². The molecule has 1 saturated heterocycles. The van der Waals surface area contributed by atoms with Crippen molar-refractivity contribution >= 4 is 23.8 Å². The topological polar surface area (TPSA) is 69.6 Å². The van der Waals surface area contributed by atoms with Crippen LogP contribution in [0.15, 0.2) is 0 Å². The van der Waals surface area contributed by atoms with E-state index in [9.17, 15) is 9.59 Å². The molecule has 116 valence electrons. The molecule has 2 amide bonds. The fourth-order valence-electron chi connectivity index (χ4n) is 2.24. The summed E-state index contributed by atoms with van der Waals surface area (Å²) in [6.45, 7) is 6.97. The number of hydrogen-bond donors (Lipinski definition) is 2. The maximum atomic E-state index is 12.3. The predicted molar refractivity (Wildman–Crippen MR) is 82.1 cm³/mol. The number of carbonyl (C=O) groups is 2. The van der Waals surface area contributed by atoms with E-state index in [0.717, 1.165) is 18.6 Å². The molecule has 20 heavy (non-hydrogen) atoms.